The molecule has 0 aliphatic rings. The average molecular weight is 543 g/mol. The van der Waals surface area contributed by atoms with E-state index in [0.29, 0.717) is 5.56 Å². The Morgan fingerprint density at radius 1 is 0.390 bits per heavy atom. The van der Waals surface area contributed by atoms with Crippen LogP contribution >= 0.6 is 0 Å². The van der Waals surface area contributed by atoms with Crippen LogP contribution in [0.2, 0.25) is 0 Å². The van der Waals surface area contributed by atoms with E-state index in [9.17, 15) is 13.2 Å². The van der Waals surface area contributed by atoms with E-state index < -0.39 is 11.7 Å². The largest absolute Gasteiger partial charge is 0.416 e. The quantitative estimate of drug-likeness (QED) is 0.208. The van der Waals surface area contributed by atoms with E-state index in [1.165, 1.54) is 24.1 Å². The molecule has 0 N–H and O–H groups in total. The van der Waals surface area contributed by atoms with E-state index in [2.05, 4.69) is 50.2 Å². The summed E-state index contributed by atoms with van der Waals surface area (Å²) in [4.78, 5) is 0. The maximum atomic E-state index is 14.2. The molecule has 0 saturated carbocycles. The first-order valence-electron chi connectivity index (χ1n) is 13.7. The van der Waals surface area contributed by atoms with Gasteiger partial charge in [0.1, 0.15) is 0 Å². The fourth-order valence-electron chi connectivity index (χ4n) is 5.80. The molecule has 6 rings (SSSR count). The summed E-state index contributed by atoms with van der Waals surface area (Å²) in [7, 11) is 0. The summed E-state index contributed by atoms with van der Waals surface area (Å²) in [5.41, 5.74) is 9.35. The standard InChI is InChI=1S/C38H29F3/c1-24-18-20-29(22-26(24)3)34-31-16-10-11-17-32(31)35(30-21-19-25(2)33(23-30)38(39,40)41)37(28-14-8-5-9-15-28)36(34)27-12-6-4-7-13-27/h4-23H,1-3H3. The van der Waals surface area contributed by atoms with Gasteiger partial charge >= 0.3 is 6.18 Å². The summed E-state index contributed by atoms with van der Waals surface area (Å²) in [5.74, 6) is 0. The molecule has 3 heteroatoms. The van der Waals surface area contributed by atoms with Crippen molar-refractivity contribution in [1.29, 1.82) is 0 Å². The van der Waals surface area contributed by atoms with Crippen molar-refractivity contribution >= 4 is 10.8 Å². The topological polar surface area (TPSA) is 0 Å². The molecule has 0 bridgehead atoms. The molecule has 41 heavy (non-hydrogen) atoms. The van der Waals surface area contributed by atoms with Crippen LogP contribution in [-0.2, 0) is 6.18 Å². The first-order valence-corrected chi connectivity index (χ1v) is 13.7. The summed E-state index contributed by atoms with van der Waals surface area (Å²) in [5, 5.41) is 1.91. The van der Waals surface area contributed by atoms with Crippen molar-refractivity contribution in [1.82, 2.24) is 0 Å². The second-order valence-electron chi connectivity index (χ2n) is 10.6. The van der Waals surface area contributed by atoms with E-state index in [1.807, 2.05) is 72.8 Å². The average Bonchev–Trinajstić information content (AvgIpc) is 2.98. The fraction of sp³-hybridized carbons (Fsp3) is 0.105. The smallest absolute Gasteiger partial charge is 0.166 e. The number of fused-ring (bicyclic) bond motifs is 1. The van der Waals surface area contributed by atoms with E-state index in [0.717, 1.165) is 49.7 Å². The molecule has 0 amide bonds. The second-order valence-corrected chi connectivity index (χ2v) is 10.6. The van der Waals surface area contributed by atoms with Crippen LogP contribution in [-0.4, -0.2) is 0 Å². The summed E-state index contributed by atoms with van der Waals surface area (Å²) in [6.07, 6.45) is -4.45. The minimum Gasteiger partial charge on any atom is -0.166 e. The van der Waals surface area contributed by atoms with Crippen molar-refractivity contribution in [3.05, 3.63) is 144 Å². The molecule has 0 radical (unpaired) electrons. The van der Waals surface area contributed by atoms with Gasteiger partial charge in [0.05, 0.1) is 5.56 Å². The Hall–Kier alpha value is -4.63. The number of benzene rings is 6. The van der Waals surface area contributed by atoms with Crippen molar-refractivity contribution in [2.24, 2.45) is 0 Å². The predicted molar refractivity (Wildman–Crippen MR) is 165 cm³/mol. The van der Waals surface area contributed by atoms with Crippen LogP contribution in [0.5, 0.6) is 0 Å². The molecule has 0 atom stereocenters. The molecule has 0 aliphatic carbocycles. The highest BCUT2D eigenvalue weighted by Crippen LogP contribution is 2.51. The Morgan fingerprint density at radius 2 is 0.829 bits per heavy atom. The maximum Gasteiger partial charge on any atom is 0.416 e. The highest BCUT2D eigenvalue weighted by atomic mass is 19.4. The molecule has 0 nitrogen and oxygen atoms in total. The van der Waals surface area contributed by atoms with Gasteiger partial charge in [-0.05, 0) is 98.8 Å². The van der Waals surface area contributed by atoms with Gasteiger partial charge in [0.2, 0.25) is 0 Å². The third kappa shape index (κ3) is 4.82. The first kappa shape index (κ1) is 26.6. The molecule has 0 aromatic heterocycles. The van der Waals surface area contributed by atoms with E-state index >= 15 is 0 Å². The molecule has 0 saturated heterocycles. The van der Waals surface area contributed by atoms with Crippen LogP contribution in [0.25, 0.3) is 55.3 Å². The number of hydrogen-bond acceptors (Lipinski definition) is 0. The Balaban J connectivity index is 1.87. The van der Waals surface area contributed by atoms with E-state index in [-0.39, 0.29) is 5.56 Å². The van der Waals surface area contributed by atoms with Crippen molar-refractivity contribution in [2.75, 3.05) is 0 Å². The minimum atomic E-state index is -4.45. The molecule has 0 unspecified atom stereocenters. The molecular formula is C38H29F3. The number of rotatable bonds is 4. The van der Waals surface area contributed by atoms with Gasteiger partial charge in [-0.25, -0.2) is 0 Å². The number of alkyl halides is 3. The van der Waals surface area contributed by atoms with Crippen LogP contribution < -0.4 is 0 Å². The molecule has 0 heterocycles. The summed E-state index contributed by atoms with van der Waals surface area (Å²) in [6.45, 7) is 5.73. The monoisotopic (exact) mass is 542 g/mol. The molecule has 0 spiro atoms. The van der Waals surface area contributed by atoms with Gasteiger partial charge in [-0.15, -0.1) is 0 Å². The predicted octanol–water partition coefficient (Wildman–Crippen LogP) is 11.5. The zero-order valence-corrected chi connectivity index (χ0v) is 23.2. The molecule has 0 fully saturated rings. The van der Waals surface area contributed by atoms with E-state index in [1.54, 1.807) is 6.07 Å². The summed E-state index contributed by atoms with van der Waals surface area (Å²) in [6, 6.07) is 39.5. The van der Waals surface area contributed by atoms with Crippen molar-refractivity contribution in [3.63, 3.8) is 0 Å². The zero-order valence-electron chi connectivity index (χ0n) is 23.2. The van der Waals surface area contributed by atoms with Crippen molar-refractivity contribution in [2.45, 2.75) is 26.9 Å². The van der Waals surface area contributed by atoms with Gasteiger partial charge in [0.15, 0.2) is 0 Å². The van der Waals surface area contributed by atoms with Crippen LogP contribution in [0.4, 0.5) is 13.2 Å². The van der Waals surface area contributed by atoms with Crippen LogP contribution in [0.15, 0.2) is 121 Å². The lowest BCUT2D eigenvalue weighted by atomic mass is 9.78. The third-order valence-corrected chi connectivity index (χ3v) is 7.97. The van der Waals surface area contributed by atoms with Gasteiger partial charge < -0.3 is 0 Å². The van der Waals surface area contributed by atoms with E-state index in [4.69, 9.17) is 0 Å². The SMILES string of the molecule is Cc1ccc(-c2c(-c3ccccc3)c(-c3ccccc3)c(-c3ccc(C)c(C(F)(F)F)c3)c3ccccc23)cc1C. The molecular weight excluding hydrogens is 513 g/mol. The van der Waals surface area contributed by atoms with Crippen LogP contribution in [0, 0.1) is 20.8 Å². The lowest BCUT2D eigenvalue weighted by Gasteiger charge is -2.25. The Bertz CT molecular complexity index is 1880. The lowest BCUT2D eigenvalue weighted by molar-refractivity contribution is -0.138. The van der Waals surface area contributed by atoms with Gasteiger partial charge in [0, 0.05) is 0 Å². The lowest BCUT2D eigenvalue weighted by Crippen LogP contribution is -2.07. The first-order chi connectivity index (χ1) is 19.7. The minimum absolute atomic E-state index is 0.210. The van der Waals surface area contributed by atoms with Gasteiger partial charge in [-0.2, -0.15) is 13.2 Å². The molecule has 0 aliphatic heterocycles. The molecule has 6 aromatic rings. The normalized spacial score (nSPS) is 11.7. The molecule has 6 aromatic carbocycles. The molecule has 202 valence electrons. The van der Waals surface area contributed by atoms with Gasteiger partial charge in [-0.3, -0.25) is 0 Å². The van der Waals surface area contributed by atoms with Crippen LogP contribution in [0.1, 0.15) is 22.3 Å². The summed E-state index contributed by atoms with van der Waals surface area (Å²) >= 11 is 0. The third-order valence-electron chi connectivity index (χ3n) is 7.97. The Kier molecular flexibility index (Phi) is 6.75. The van der Waals surface area contributed by atoms with Crippen molar-refractivity contribution < 1.29 is 13.2 Å². The summed E-state index contributed by atoms with van der Waals surface area (Å²) < 4.78 is 42.5. The fourth-order valence-corrected chi connectivity index (χ4v) is 5.80. The number of hydrogen-bond donors (Lipinski definition) is 0. The highest BCUT2D eigenvalue weighted by Gasteiger charge is 2.33. The number of aryl methyl sites for hydroxylation is 3. The second kappa shape index (κ2) is 10.4. The van der Waals surface area contributed by atoms with Gasteiger partial charge in [0.25, 0.3) is 0 Å². The van der Waals surface area contributed by atoms with Crippen LogP contribution in [0.3, 0.4) is 0 Å². The number of halogens is 3. The highest BCUT2D eigenvalue weighted by molar-refractivity contribution is 6.18. The maximum absolute atomic E-state index is 14.2. The zero-order chi connectivity index (χ0) is 28.7. The Morgan fingerprint density at radius 3 is 1.29 bits per heavy atom. The Labute approximate surface area is 238 Å². The van der Waals surface area contributed by atoms with Crippen molar-refractivity contribution in [3.8, 4) is 44.5 Å². The van der Waals surface area contributed by atoms with Gasteiger partial charge in [-0.1, -0.05) is 115 Å².